The molecule has 1 aliphatic carbocycles. The minimum atomic E-state index is 0.675. The van der Waals surface area contributed by atoms with Crippen molar-refractivity contribution in [2.45, 2.75) is 27.2 Å². The molecule has 52 valence electrons. The first-order valence-electron chi connectivity index (χ1n) is 3.73. The summed E-state index contributed by atoms with van der Waals surface area (Å²) >= 11 is 0. The topological polar surface area (TPSA) is 0 Å². The Morgan fingerprint density at radius 1 is 1.11 bits per heavy atom. The molecule has 0 radical (unpaired) electrons. The van der Waals surface area contributed by atoms with E-state index in [1.165, 1.54) is 0 Å². The Morgan fingerprint density at radius 2 is 1.56 bits per heavy atom. The smallest absolute Gasteiger partial charge is 0.00817 e. The second-order valence-corrected chi connectivity index (χ2v) is 1.95. The molecular formula is C9H16. The summed E-state index contributed by atoms with van der Waals surface area (Å²) < 4.78 is 0. The van der Waals surface area contributed by atoms with Crippen LogP contribution in [0.2, 0.25) is 0 Å². The first kappa shape index (κ1) is 8.48. The van der Waals surface area contributed by atoms with Crippen LogP contribution >= 0.6 is 0 Å². The Bertz CT molecular complexity index is 86.6. The van der Waals surface area contributed by atoms with E-state index in [-0.39, 0.29) is 0 Å². The van der Waals surface area contributed by atoms with E-state index in [0.717, 1.165) is 6.42 Å². The highest BCUT2D eigenvalue weighted by Gasteiger charge is 1.90. The molecule has 9 heavy (non-hydrogen) atoms. The largest absolute Gasteiger partial charge is 0.0842 e. The van der Waals surface area contributed by atoms with Crippen LogP contribution in [0, 0.1) is 5.92 Å². The molecule has 0 aromatic carbocycles. The van der Waals surface area contributed by atoms with E-state index < -0.39 is 0 Å². The molecule has 0 saturated carbocycles. The fraction of sp³-hybridized carbons (Fsp3) is 0.556. The van der Waals surface area contributed by atoms with Crippen molar-refractivity contribution in [3.8, 4) is 0 Å². The molecule has 0 spiro atoms. The van der Waals surface area contributed by atoms with E-state index >= 15 is 0 Å². The minimum absolute atomic E-state index is 0.675. The molecule has 0 saturated heterocycles. The van der Waals surface area contributed by atoms with Crippen molar-refractivity contribution >= 4 is 0 Å². The monoisotopic (exact) mass is 124 g/mol. The molecule has 0 unspecified atom stereocenters. The van der Waals surface area contributed by atoms with Gasteiger partial charge in [0.1, 0.15) is 0 Å². The number of hydrogen-bond acceptors (Lipinski definition) is 0. The van der Waals surface area contributed by atoms with Gasteiger partial charge in [-0.3, -0.25) is 0 Å². The van der Waals surface area contributed by atoms with Gasteiger partial charge in [-0.1, -0.05) is 45.1 Å². The Labute approximate surface area is 58.3 Å². The first-order valence-corrected chi connectivity index (χ1v) is 3.73. The van der Waals surface area contributed by atoms with Gasteiger partial charge in [-0.05, 0) is 12.3 Å². The lowest BCUT2D eigenvalue weighted by atomic mass is 10.1. The van der Waals surface area contributed by atoms with Crippen molar-refractivity contribution in [1.82, 2.24) is 0 Å². The molecule has 1 rings (SSSR count). The quantitative estimate of drug-likeness (QED) is 0.435. The van der Waals surface area contributed by atoms with E-state index in [1.54, 1.807) is 0 Å². The van der Waals surface area contributed by atoms with Gasteiger partial charge in [0.15, 0.2) is 0 Å². The summed E-state index contributed by atoms with van der Waals surface area (Å²) in [6.45, 7) is 6.19. The summed E-state index contributed by atoms with van der Waals surface area (Å²) in [6.07, 6.45) is 9.97. The zero-order chi connectivity index (χ0) is 7.11. The first-order chi connectivity index (χ1) is 4.39. The second-order valence-electron chi connectivity index (χ2n) is 1.95. The summed E-state index contributed by atoms with van der Waals surface area (Å²) in [7, 11) is 0. The summed E-state index contributed by atoms with van der Waals surface area (Å²) in [5, 5.41) is 0. The third-order valence-corrected chi connectivity index (χ3v) is 1.15. The number of hydrogen-bond donors (Lipinski definition) is 0. The van der Waals surface area contributed by atoms with Crippen LogP contribution in [0.25, 0.3) is 0 Å². The Balaban J connectivity index is 0.000000291. The molecule has 0 fully saturated rings. The van der Waals surface area contributed by atoms with Crippen LogP contribution in [0.4, 0.5) is 0 Å². The van der Waals surface area contributed by atoms with E-state index in [0.29, 0.717) is 5.92 Å². The SMILES string of the molecule is CC.CC1C=CCC=C1. The Hall–Kier alpha value is -0.520. The van der Waals surface area contributed by atoms with Gasteiger partial charge in [0.2, 0.25) is 0 Å². The molecule has 0 amide bonds. The van der Waals surface area contributed by atoms with Crippen LogP contribution < -0.4 is 0 Å². The van der Waals surface area contributed by atoms with Gasteiger partial charge < -0.3 is 0 Å². The Kier molecular flexibility index (Phi) is 5.29. The summed E-state index contributed by atoms with van der Waals surface area (Å²) in [5.41, 5.74) is 0. The third kappa shape index (κ3) is 4.01. The van der Waals surface area contributed by atoms with Crippen molar-refractivity contribution in [3.63, 3.8) is 0 Å². The summed E-state index contributed by atoms with van der Waals surface area (Å²) in [4.78, 5) is 0. The van der Waals surface area contributed by atoms with E-state index in [2.05, 4.69) is 31.2 Å². The van der Waals surface area contributed by atoms with E-state index in [1.807, 2.05) is 13.8 Å². The molecule has 0 atom stereocenters. The van der Waals surface area contributed by atoms with Crippen LogP contribution in [0.3, 0.4) is 0 Å². The second kappa shape index (κ2) is 5.61. The average molecular weight is 124 g/mol. The highest BCUT2D eigenvalue weighted by atomic mass is 14.0. The van der Waals surface area contributed by atoms with Gasteiger partial charge in [0.05, 0.1) is 0 Å². The molecule has 0 nitrogen and oxygen atoms in total. The maximum atomic E-state index is 2.22. The predicted molar refractivity (Wildman–Crippen MR) is 43.4 cm³/mol. The molecule has 0 heterocycles. The van der Waals surface area contributed by atoms with E-state index in [9.17, 15) is 0 Å². The maximum Gasteiger partial charge on any atom is -0.00817 e. The van der Waals surface area contributed by atoms with Crippen LogP contribution in [0.5, 0.6) is 0 Å². The van der Waals surface area contributed by atoms with Crippen molar-refractivity contribution < 1.29 is 0 Å². The maximum absolute atomic E-state index is 2.22. The van der Waals surface area contributed by atoms with Crippen molar-refractivity contribution in [1.29, 1.82) is 0 Å². The minimum Gasteiger partial charge on any atom is -0.0842 e. The normalized spacial score (nSPS) is 16.8. The highest BCUT2D eigenvalue weighted by molar-refractivity contribution is 5.06. The predicted octanol–water partition coefficient (Wildman–Crippen LogP) is 3.16. The highest BCUT2D eigenvalue weighted by Crippen LogP contribution is 2.06. The van der Waals surface area contributed by atoms with Gasteiger partial charge in [0.25, 0.3) is 0 Å². The Morgan fingerprint density at radius 3 is 1.78 bits per heavy atom. The molecule has 0 aromatic heterocycles. The van der Waals surface area contributed by atoms with E-state index in [4.69, 9.17) is 0 Å². The lowest BCUT2D eigenvalue weighted by Crippen LogP contribution is -1.84. The standard InChI is InChI=1S/C7H10.C2H6/c1-7-5-3-2-4-6-7;1-2/h3-7H,2H2,1H3;1-2H3. The third-order valence-electron chi connectivity index (χ3n) is 1.15. The fourth-order valence-corrected chi connectivity index (χ4v) is 0.729. The van der Waals surface area contributed by atoms with Crippen LogP contribution in [0.15, 0.2) is 24.3 Å². The van der Waals surface area contributed by atoms with Gasteiger partial charge in [0, 0.05) is 0 Å². The van der Waals surface area contributed by atoms with Gasteiger partial charge in [-0.25, -0.2) is 0 Å². The summed E-state index contributed by atoms with van der Waals surface area (Å²) in [6, 6.07) is 0. The number of allylic oxidation sites excluding steroid dienone is 4. The molecule has 1 aliphatic rings. The van der Waals surface area contributed by atoms with Gasteiger partial charge in [-0.15, -0.1) is 0 Å². The van der Waals surface area contributed by atoms with Crippen LogP contribution in [-0.4, -0.2) is 0 Å². The van der Waals surface area contributed by atoms with Gasteiger partial charge >= 0.3 is 0 Å². The molecule has 0 aromatic rings. The lowest BCUT2D eigenvalue weighted by Gasteiger charge is -1.99. The summed E-state index contributed by atoms with van der Waals surface area (Å²) in [5.74, 6) is 0.675. The van der Waals surface area contributed by atoms with Gasteiger partial charge in [-0.2, -0.15) is 0 Å². The average Bonchev–Trinajstić information content (AvgIpc) is 1.94. The zero-order valence-corrected chi connectivity index (χ0v) is 6.59. The van der Waals surface area contributed by atoms with Crippen LogP contribution in [-0.2, 0) is 0 Å². The fourth-order valence-electron chi connectivity index (χ4n) is 0.729. The van der Waals surface area contributed by atoms with Crippen LogP contribution in [0.1, 0.15) is 27.2 Å². The number of rotatable bonds is 0. The lowest BCUT2D eigenvalue weighted by molar-refractivity contribution is 0.911. The molecule has 0 heteroatoms. The van der Waals surface area contributed by atoms with Crippen molar-refractivity contribution in [3.05, 3.63) is 24.3 Å². The molecule has 0 aliphatic heterocycles. The zero-order valence-electron chi connectivity index (χ0n) is 6.59. The van der Waals surface area contributed by atoms with Crippen molar-refractivity contribution in [2.24, 2.45) is 5.92 Å². The molecular weight excluding hydrogens is 108 g/mol. The molecule has 0 bridgehead atoms. The molecule has 0 N–H and O–H groups in total. The van der Waals surface area contributed by atoms with Crippen molar-refractivity contribution in [2.75, 3.05) is 0 Å².